The largest absolute Gasteiger partial charge is 0.355 e. The second-order valence-corrected chi connectivity index (χ2v) is 9.34. The zero-order valence-corrected chi connectivity index (χ0v) is 15.4. The molecule has 1 N–H and O–H groups in total. The van der Waals surface area contributed by atoms with Gasteiger partial charge in [0.15, 0.2) is 9.84 Å². The summed E-state index contributed by atoms with van der Waals surface area (Å²) in [5.41, 5.74) is 1.07. The van der Waals surface area contributed by atoms with Gasteiger partial charge in [0.1, 0.15) is 0 Å². The highest BCUT2D eigenvalue weighted by atomic mass is 35.5. The minimum Gasteiger partial charge on any atom is -0.355 e. The van der Waals surface area contributed by atoms with Crippen LogP contribution in [0.1, 0.15) is 18.4 Å². The summed E-state index contributed by atoms with van der Waals surface area (Å²) < 4.78 is 23.2. The fraction of sp³-hybridized carbons (Fsp3) is 0.529. The van der Waals surface area contributed by atoms with E-state index in [9.17, 15) is 18.0 Å². The van der Waals surface area contributed by atoms with Crippen molar-refractivity contribution in [3.63, 3.8) is 0 Å². The fourth-order valence-electron chi connectivity index (χ4n) is 3.41. The molecular weight excluding hydrogens is 364 g/mol. The molecule has 0 aliphatic carbocycles. The Hall–Kier alpha value is -1.60. The molecule has 6 nitrogen and oxygen atoms in total. The van der Waals surface area contributed by atoms with Crippen molar-refractivity contribution in [2.45, 2.75) is 25.3 Å². The molecule has 2 amide bonds. The Morgan fingerprint density at radius 2 is 2.00 bits per heavy atom. The van der Waals surface area contributed by atoms with E-state index in [0.29, 0.717) is 31.0 Å². The molecular formula is C17H21ClN2O4S. The molecule has 3 rings (SSSR count). The quantitative estimate of drug-likeness (QED) is 0.822. The van der Waals surface area contributed by atoms with E-state index < -0.39 is 15.8 Å². The summed E-state index contributed by atoms with van der Waals surface area (Å²) in [6, 6.07) is 7.17. The third kappa shape index (κ3) is 4.52. The molecule has 0 spiro atoms. The maximum absolute atomic E-state index is 12.3. The Morgan fingerprint density at radius 1 is 1.28 bits per heavy atom. The van der Waals surface area contributed by atoms with Crippen molar-refractivity contribution in [1.29, 1.82) is 0 Å². The van der Waals surface area contributed by atoms with E-state index >= 15 is 0 Å². The maximum Gasteiger partial charge on any atom is 0.225 e. The lowest BCUT2D eigenvalue weighted by Crippen LogP contribution is -2.39. The maximum atomic E-state index is 12.3. The van der Waals surface area contributed by atoms with Gasteiger partial charge in [0.05, 0.1) is 17.4 Å². The number of nitrogens with zero attached hydrogens (tertiary/aromatic N) is 1. The van der Waals surface area contributed by atoms with Gasteiger partial charge in [-0.15, -0.1) is 0 Å². The van der Waals surface area contributed by atoms with Gasteiger partial charge in [-0.3, -0.25) is 9.59 Å². The standard InChI is InChI=1S/C17H21ClN2O4S/c18-14-3-1-12(2-4-14)5-7-19-17(22)13-9-16(21)20(10-13)15-6-8-25(23,24)11-15/h1-4,13,15H,5-11H2,(H,19,22). The normalized spacial score (nSPS) is 25.3. The molecule has 136 valence electrons. The van der Waals surface area contributed by atoms with Crippen LogP contribution in [0.15, 0.2) is 24.3 Å². The van der Waals surface area contributed by atoms with Crippen molar-refractivity contribution in [1.82, 2.24) is 10.2 Å². The Morgan fingerprint density at radius 3 is 2.64 bits per heavy atom. The van der Waals surface area contributed by atoms with Gasteiger partial charge in [-0.25, -0.2) is 8.42 Å². The summed E-state index contributed by atoms with van der Waals surface area (Å²) in [5.74, 6) is -0.532. The van der Waals surface area contributed by atoms with Crippen LogP contribution < -0.4 is 5.32 Å². The molecule has 0 bridgehead atoms. The van der Waals surface area contributed by atoms with Gasteiger partial charge < -0.3 is 10.2 Å². The molecule has 2 unspecified atom stereocenters. The summed E-state index contributed by atoms with van der Waals surface area (Å²) >= 11 is 5.84. The lowest BCUT2D eigenvalue weighted by atomic mass is 10.1. The van der Waals surface area contributed by atoms with Gasteiger partial charge >= 0.3 is 0 Å². The number of benzene rings is 1. The first-order valence-corrected chi connectivity index (χ1v) is 10.6. The molecule has 2 aliphatic heterocycles. The highest BCUT2D eigenvalue weighted by Crippen LogP contribution is 2.26. The van der Waals surface area contributed by atoms with E-state index in [1.165, 1.54) is 0 Å². The number of hydrogen-bond donors (Lipinski definition) is 1. The summed E-state index contributed by atoms with van der Waals surface area (Å²) in [6.07, 6.45) is 1.32. The summed E-state index contributed by atoms with van der Waals surface area (Å²) in [6.45, 7) is 0.800. The first kappa shape index (κ1) is 18.2. The number of rotatable bonds is 5. The van der Waals surface area contributed by atoms with Crippen LogP contribution in [0.4, 0.5) is 0 Å². The number of amides is 2. The molecule has 2 fully saturated rings. The molecule has 2 saturated heterocycles. The summed E-state index contributed by atoms with van der Waals surface area (Å²) in [4.78, 5) is 26.0. The molecule has 1 aromatic carbocycles. The SMILES string of the molecule is O=C(NCCc1ccc(Cl)cc1)C1CC(=O)N(C2CCS(=O)(=O)C2)C1. The van der Waals surface area contributed by atoms with Crippen molar-refractivity contribution < 1.29 is 18.0 Å². The van der Waals surface area contributed by atoms with Crippen LogP contribution in [0.25, 0.3) is 0 Å². The van der Waals surface area contributed by atoms with Crippen LogP contribution in [0.2, 0.25) is 5.02 Å². The van der Waals surface area contributed by atoms with Crippen molar-refractivity contribution in [3.05, 3.63) is 34.9 Å². The van der Waals surface area contributed by atoms with Gasteiger partial charge in [0.25, 0.3) is 0 Å². The molecule has 2 aliphatic rings. The Labute approximate surface area is 152 Å². The zero-order chi connectivity index (χ0) is 18.0. The molecule has 8 heteroatoms. The van der Waals surface area contributed by atoms with E-state index in [1.807, 2.05) is 24.3 Å². The van der Waals surface area contributed by atoms with Crippen LogP contribution >= 0.6 is 11.6 Å². The fourth-order valence-corrected chi connectivity index (χ4v) is 5.26. The number of sulfone groups is 1. The lowest BCUT2D eigenvalue weighted by molar-refractivity contribution is -0.130. The molecule has 2 heterocycles. The molecule has 1 aromatic rings. The van der Waals surface area contributed by atoms with E-state index in [4.69, 9.17) is 11.6 Å². The van der Waals surface area contributed by atoms with Crippen LogP contribution in [0.3, 0.4) is 0 Å². The number of hydrogen-bond acceptors (Lipinski definition) is 4. The topological polar surface area (TPSA) is 83.6 Å². The van der Waals surface area contributed by atoms with Gasteiger partial charge in [0, 0.05) is 30.6 Å². The van der Waals surface area contributed by atoms with E-state index in [1.54, 1.807) is 4.90 Å². The van der Waals surface area contributed by atoms with Gasteiger partial charge in [-0.2, -0.15) is 0 Å². The predicted octanol–water partition coefficient (Wildman–Crippen LogP) is 1.03. The zero-order valence-electron chi connectivity index (χ0n) is 13.8. The van der Waals surface area contributed by atoms with Crippen LogP contribution in [0.5, 0.6) is 0 Å². The first-order chi connectivity index (χ1) is 11.8. The molecule has 0 aromatic heterocycles. The molecule has 25 heavy (non-hydrogen) atoms. The monoisotopic (exact) mass is 384 g/mol. The number of carbonyl (C=O) groups is 2. The Balaban J connectivity index is 1.48. The second kappa shape index (κ2) is 7.33. The minimum atomic E-state index is -3.05. The van der Waals surface area contributed by atoms with Crippen molar-refractivity contribution in [2.75, 3.05) is 24.6 Å². The highest BCUT2D eigenvalue weighted by Gasteiger charge is 2.41. The number of likely N-dealkylation sites (tertiary alicyclic amines) is 1. The Kier molecular flexibility index (Phi) is 5.34. The number of halogens is 1. The smallest absolute Gasteiger partial charge is 0.225 e. The van der Waals surface area contributed by atoms with Gasteiger partial charge in [0.2, 0.25) is 11.8 Å². The third-order valence-electron chi connectivity index (χ3n) is 4.80. The lowest BCUT2D eigenvalue weighted by Gasteiger charge is -2.22. The number of carbonyl (C=O) groups excluding carboxylic acids is 2. The average molecular weight is 385 g/mol. The minimum absolute atomic E-state index is 0.0175. The molecule has 0 saturated carbocycles. The van der Waals surface area contributed by atoms with E-state index in [-0.39, 0.29) is 35.8 Å². The Bertz CT molecular complexity index is 763. The predicted molar refractivity (Wildman–Crippen MR) is 95.0 cm³/mol. The summed E-state index contributed by atoms with van der Waals surface area (Å²) in [7, 11) is -3.05. The van der Waals surface area contributed by atoms with Crippen LogP contribution in [-0.4, -0.2) is 55.8 Å². The van der Waals surface area contributed by atoms with Crippen LogP contribution in [-0.2, 0) is 25.8 Å². The molecule has 0 radical (unpaired) electrons. The highest BCUT2D eigenvalue weighted by molar-refractivity contribution is 7.91. The first-order valence-electron chi connectivity index (χ1n) is 8.36. The van der Waals surface area contributed by atoms with Crippen molar-refractivity contribution in [2.24, 2.45) is 5.92 Å². The third-order valence-corrected chi connectivity index (χ3v) is 6.81. The van der Waals surface area contributed by atoms with Gasteiger partial charge in [-0.05, 0) is 30.5 Å². The summed E-state index contributed by atoms with van der Waals surface area (Å²) in [5, 5.41) is 3.54. The van der Waals surface area contributed by atoms with Crippen LogP contribution in [0, 0.1) is 5.92 Å². The van der Waals surface area contributed by atoms with E-state index in [2.05, 4.69) is 5.32 Å². The number of nitrogens with one attached hydrogen (secondary N) is 1. The van der Waals surface area contributed by atoms with Gasteiger partial charge in [-0.1, -0.05) is 23.7 Å². The molecule has 2 atom stereocenters. The average Bonchev–Trinajstić information content (AvgIpc) is 3.11. The van der Waals surface area contributed by atoms with Crippen molar-refractivity contribution in [3.8, 4) is 0 Å². The van der Waals surface area contributed by atoms with E-state index in [0.717, 1.165) is 5.56 Å². The second-order valence-electron chi connectivity index (χ2n) is 6.67. The van der Waals surface area contributed by atoms with Crippen molar-refractivity contribution >= 4 is 33.3 Å².